The van der Waals surface area contributed by atoms with Gasteiger partial charge in [-0.05, 0) is 25.7 Å². The van der Waals surface area contributed by atoms with E-state index < -0.39 is 22.0 Å². The summed E-state index contributed by atoms with van der Waals surface area (Å²) in [6, 6.07) is 0. The topological polar surface area (TPSA) is 124 Å². The molecule has 1 aliphatic heterocycles. The van der Waals surface area contributed by atoms with Crippen molar-refractivity contribution >= 4 is 21.7 Å². The number of aliphatic hydroxyl groups excluding tert-OH is 2. The summed E-state index contributed by atoms with van der Waals surface area (Å²) >= 11 is 0. The summed E-state index contributed by atoms with van der Waals surface area (Å²) in [6.07, 6.45) is 16.2. The minimum Gasteiger partial charge on any atom is -0.390 e. The van der Waals surface area contributed by atoms with Crippen LogP contribution < -0.4 is 0 Å². The van der Waals surface area contributed by atoms with Gasteiger partial charge in [-0.2, -0.15) is 8.42 Å². The van der Waals surface area contributed by atoms with Crippen LogP contribution in [-0.4, -0.2) is 83.9 Å². The van der Waals surface area contributed by atoms with E-state index in [0.717, 1.165) is 25.7 Å². The Bertz CT molecular complexity index is 722. The number of amidine groups is 1. The van der Waals surface area contributed by atoms with E-state index in [0.29, 0.717) is 25.3 Å². The van der Waals surface area contributed by atoms with Crippen molar-refractivity contribution < 1.29 is 32.5 Å². The van der Waals surface area contributed by atoms with Gasteiger partial charge in [-0.15, -0.1) is 0 Å². The number of carbonyl (C=O) groups excluding carboxylic acids is 1. The number of Topliss-reactive ketones (excluding diaryl/α,β-unsaturated/α-hetero) is 1. The van der Waals surface area contributed by atoms with Crippen molar-refractivity contribution in [3.05, 3.63) is 12.2 Å². The van der Waals surface area contributed by atoms with Crippen molar-refractivity contribution in [2.75, 3.05) is 38.5 Å². The van der Waals surface area contributed by atoms with Crippen LogP contribution in [0.4, 0.5) is 0 Å². The Morgan fingerprint density at radius 2 is 1.67 bits per heavy atom. The lowest BCUT2D eigenvalue weighted by Crippen LogP contribution is -2.59. The largest absolute Gasteiger partial charge is 0.390 e. The molecular formula is C24H45N2O6S+. The molecule has 33 heavy (non-hydrogen) atoms. The molecule has 0 aromatic carbocycles. The molecule has 3 N–H and O–H groups in total. The molecular weight excluding hydrogens is 444 g/mol. The van der Waals surface area contributed by atoms with Crippen LogP contribution in [0.1, 0.15) is 84.0 Å². The summed E-state index contributed by atoms with van der Waals surface area (Å²) in [5, 5.41) is 19.6. The molecule has 1 aliphatic rings. The lowest BCUT2D eigenvalue weighted by Gasteiger charge is -2.34. The van der Waals surface area contributed by atoms with Gasteiger partial charge in [0.15, 0.2) is 0 Å². The number of hydrogen-bond acceptors (Lipinski definition) is 6. The van der Waals surface area contributed by atoms with Crippen LogP contribution in [0.3, 0.4) is 0 Å². The SMILES string of the molecule is CC/C=C/CCCCCCCCCCCC(=O)C1=NCC[N+]1(CCO)CC(O)CS(=O)(=O)O. The number of rotatable bonds is 20. The van der Waals surface area contributed by atoms with E-state index in [4.69, 9.17) is 4.55 Å². The van der Waals surface area contributed by atoms with E-state index in [1.165, 1.54) is 44.9 Å². The smallest absolute Gasteiger partial charge is 0.267 e. The number of aliphatic imine (C=N–C) groups is 1. The standard InChI is InChI=1S/C24H44N2O6S/c1-2-3-4-5-6-7-8-9-10-11-12-13-14-15-23(29)24-25-16-17-26(24,18-19-27)20-22(28)21-33(30,31)32/h3-4,22,27-28H,2,5-21H2,1H3/p+1/b4-3+. The first-order valence-corrected chi connectivity index (χ1v) is 14.2. The van der Waals surface area contributed by atoms with Gasteiger partial charge >= 0.3 is 0 Å². The molecule has 0 aromatic heterocycles. The number of carbonyl (C=O) groups is 1. The summed E-state index contributed by atoms with van der Waals surface area (Å²) in [4.78, 5) is 17.2. The van der Waals surface area contributed by atoms with Crippen molar-refractivity contribution in [3.63, 3.8) is 0 Å². The monoisotopic (exact) mass is 489 g/mol. The molecule has 192 valence electrons. The predicted octanol–water partition coefficient (Wildman–Crippen LogP) is 3.28. The minimum absolute atomic E-state index is 0.0275. The molecule has 0 spiro atoms. The summed E-state index contributed by atoms with van der Waals surface area (Å²) in [6.45, 7) is 2.89. The van der Waals surface area contributed by atoms with Crippen LogP contribution in [0.5, 0.6) is 0 Å². The highest BCUT2D eigenvalue weighted by Gasteiger charge is 2.43. The Balaban J connectivity index is 2.30. The van der Waals surface area contributed by atoms with Gasteiger partial charge < -0.3 is 10.2 Å². The molecule has 0 fully saturated rings. The van der Waals surface area contributed by atoms with Crippen molar-refractivity contribution in [3.8, 4) is 0 Å². The number of aliphatic hydroxyl groups is 2. The van der Waals surface area contributed by atoms with Crippen molar-refractivity contribution in [1.82, 2.24) is 0 Å². The van der Waals surface area contributed by atoms with Crippen LogP contribution in [0.15, 0.2) is 17.1 Å². The molecule has 2 unspecified atom stereocenters. The summed E-state index contributed by atoms with van der Waals surface area (Å²) in [5.41, 5.74) is 0. The van der Waals surface area contributed by atoms with E-state index in [1.807, 2.05) is 0 Å². The third-order valence-electron chi connectivity index (χ3n) is 6.16. The fourth-order valence-electron chi connectivity index (χ4n) is 4.51. The number of unbranched alkanes of at least 4 members (excludes halogenated alkanes) is 9. The second-order valence-electron chi connectivity index (χ2n) is 9.13. The first-order valence-electron chi connectivity index (χ1n) is 12.6. The molecule has 0 saturated carbocycles. The third-order valence-corrected chi connectivity index (χ3v) is 6.96. The normalized spacial score (nSPS) is 19.8. The second-order valence-corrected chi connectivity index (χ2v) is 10.6. The lowest BCUT2D eigenvalue weighted by atomic mass is 10.0. The number of nitrogens with zero attached hydrogens (tertiary/aromatic N) is 2. The van der Waals surface area contributed by atoms with Gasteiger partial charge in [0.25, 0.3) is 16.0 Å². The van der Waals surface area contributed by atoms with E-state index >= 15 is 0 Å². The Kier molecular flexibility index (Phi) is 14.9. The predicted molar refractivity (Wildman–Crippen MR) is 132 cm³/mol. The molecule has 9 heteroatoms. The first kappa shape index (κ1) is 29.9. The zero-order chi connectivity index (χ0) is 24.6. The quantitative estimate of drug-likeness (QED) is 0.104. The van der Waals surface area contributed by atoms with Crippen LogP contribution in [-0.2, 0) is 14.9 Å². The van der Waals surface area contributed by atoms with Gasteiger partial charge in [-0.1, -0.05) is 64.0 Å². The van der Waals surface area contributed by atoms with Crippen LogP contribution >= 0.6 is 0 Å². The van der Waals surface area contributed by atoms with Gasteiger partial charge in [0.2, 0.25) is 5.78 Å². The molecule has 0 radical (unpaired) electrons. The number of ketones is 1. The third kappa shape index (κ3) is 12.8. The minimum atomic E-state index is -4.33. The van der Waals surface area contributed by atoms with E-state index in [9.17, 15) is 23.4 Å². The lowest BCUT2D eigenvalue weighted by molar-refractivity contribution is -0.837. The maximum absolute atomic E-state index is 12.8. The molecule has 0 saturated heterocycles. The highest BCUT2D eigenvalue weighted by molar-refractivity contribution is 7.85. The molecule has 1 rings (SSSR count). The molecule has 0 amide bonds. The molecule has 0 aromatic rings. The van der Waals surface area contributed by atoms with E-state index in [2.05, 4.69) is 24.1 Å². The van der Waals surface area contributed by atoms with Crippen LogP contribution in [0.2, 0.25) is 0 Å². The average Bonchev–Trinajstić information content (AvgIpc) is 3.13. The van der Waals surface area contributed by atoms with Gasteiger partial charge in [0.1, 0.15) is 31.5 Å². The zero-order valence-corrected chi connectivity index (χ0v) is 21.1. The second kappa shape index (κ2) is 16.5. The van der Waals surface area contributed by atoms with E-state index in [1.54, 1.807) is 0 Å². The highest BCUT2D eigenvalue weighted by atomic mass is 32.2. The van der Waals surface area contributed by atoms with Crippen molar-refractivity contribution in [2.45, 2.75) is 90.1 Å². The van der Waals surface area contributed by atoms with Crippen molar-refractivity contribution in [1.29, 1.82) is 0 Å². The Labute approximate surface area is 200 Å². The summed E-state index contributed by atoms with van der Waals surface area (Å²) < 4.78 is 31.1. The Morgan fingerprint density at radius 1 is 1.06 bits per heavy atom. The maximum atomic E-state index is 12.8. The molecule has 8 nitrogen and oxygen atoms in total. The van der Waals surface area contributed by atoms with Crippen molar-refractivity contribution in [2.24, 2.45) is 4.99 Å². The average molecular weight is 490 g/mol. The molecule has 2 atom stereocenters. The van der Waals surface area contributed by atoms with Crippen LogP contribution in [0.25, 0.3) is 0 Å². The summed E-state index contributed by atoms with van der Waals surface area (Å²) in [7, 11) is -4.33. The fraction of sp³-hybridized carbons (Fsp3) is 0.833. The highest BCUT2D eigenvalue weighted by Crippen LogP contribution is 2.20. The Morgan fingerprint density at radius 3 is 2.24 bits per heavy atom. The van der Waals surface area contributed by atoms with Gasteiger partial charge in [0, 0.05) is 6.42 Å². The maximum Gasteiger partial charge on any atom is 0.267 e. The van der Waals surface area contributed by atoms with Crippen LogP contribution in [0, 0.1) is 0 Å². The Hall–Kier alpha value is -1.13. The van der Waals surface area contributed by atoms with Gasteiger partial charge in [0.05, 0.1) is 13.2 Å². The van der Waals surface area contributed by atoms with Gasteiger partial charge in [-0.25, -0.2) is 4.99 Å². The molecule has 0 aliphatic carbocycles. The number of quaternary nitrogens is 1. The first-order chi connectivity index (χ1) is 15.7. The molecule has 1 heterocycles. The number of allylic oxidation sites excluding steroid dienone is 2. The summed E-state index contributed by atoms with van der Waals surface area (Å²) in [5.74, 6) is -0.583. The number of hydrogen-bond donors (Lipinski definition) is 3. The zero-order valence-electron chi connectivity index (χ0n) is 20.3. The van der Waals surface area contributed by atoms with E-state index in [-0.39, 0.29) is 30.0 Å². The molecule has 0 bridgehead atoms. The van der Waals surface area contributed by atoms with Gasteiger partial charge in [-0.3, -0.25) is 13.8 Å². The fourth-order valence-corrected chi connectivity index (χ4v) is 5.11.